The van der Waals surface area contributed by atoms with Gasteiger partial charge in [0, 0.05) is 12.1 Å². The monoisotopic (exact) mass is 481 g/mol. The Morgan fingerprint density at radius 3 is 2.46 bits per heavy atom. The zero-order valence-corrected chi connectivity index (χ0v) is 21.3. The van der Waals surface area contributed by atoms with E-state index in [0.717, 1.165) is 5.56 Å². The van der Waals surface area contributed by atoms with E-state index in [2.05, 4.69) is 13.8 Å². The van der Waals surface area contributed by atoms with Crippen molar-refractivity contribution in [1.29, 1.82) is 0 Å². The van der Waals surface area contributed by atoms with Crippen LogP contribution >= 0.6 is 0 Å². The van der Waals surface area contributed by atoms with E-state index >= 15 is 0 Å². The fourth-order valence-corrected chi connectivity index (χ4v) is 4.03. The number of carbonyl (C=O) groups is 2. The Labute approximate surface area is 207 Å². The first kappa shape index (κ1) is 26.3. The van der Waals surface area contributed by atoms with Crippen LogP contribution in [0.5, 0.6) is 11.5 Å². The summed E-state index contributed by atoms with van der Waals surface area (Å²) >= 11 is 0. The summed E-state index contributed by atoms with van der Waals surface area (Å²) in [4.78, 5) is 27.7. The van der Waals surface area contributed by atoms with Crippen LogP contribution in [0.1, 0.15) is 50.4 Å². The highest BCUT2D eigenvalue weighted by Gasteiger charge is 2.46. The zero-order chi connectivity index (χ0) is 25.7. The predicted octanol–water partition coefficient (Wildman–Crippen LogP) is 4.89. The van der Waals surface area contributed by atoms with Crippen molar-refractivity contribution in [2.45, 2.75) is 46.8 Å². The minimum absolute atomic E-state index is 0.0125. The molecule has 1 unspecified atom stereocenters. The number of carbonyl (C=O) groups excluding carboxylic acids is 2. The molecule has 0 aliphatic carbocycles. The Morgan fingerprint density at radius 1 is 1.09 bits per heavy atom. The molecule has 1 amide bonds. The van der Waals surface area contributed by atoms with Crippen molar-refractivity contribution in [3.8, 4) is 11.5 Å². The second-order valence-corrected chi connectivity index (χ2v) is 9.37. The van der Waals surface area contributed by atoms with Gasteiger partial charge in [0.05, 0.1) is 38.0 Å². The number of benzene rings is 2. The Kier molecular flexibility index (Phi) is 8.57. The molecule has 3 rings (SSSR count). The second-order valence-electron chi connectivity index (χ2n) is 9.37. The maximum absolute atomic E-state index is 13.2. The van der Waals surface area contributed by atoms with E-state index in [1.165, 1.54) is 4.90 Å². The Morgan fingerprint density at radius 2 is 1.83 bits per heavy atom. The van der Waals surface area contributed by atoms with Gasteiger partial charge in [-0.2, -0.15) is 0 Å². The molecular formula is C28H35NO6. The number of aryl methyl sites for hydroxylation is 1. The molecule has 1 fully saturated rings. The standard InChI is InChI=1S/C28H35NO6/c1-17(2)16-35-23-11-10-21(14-19(23)5)26(30)24-25(20-8-7-9-22(15-20)33-6)29(28(32)27(24)31)12-13-34-18(3)4/h7-11,14-15,17-18,25,30H,12-13,16H2,1-6H3/b26-24-. The Bertz CT molecular complexity index is 1100. The van der Waals surface area contributed by atoms with Gasteiger partial charge in [0.1, 0.15) is 17.3 Å². The van der Waals surface area contributed by atoms with Crippen LogP contribution in [0.2, 0.25) is 0 Å². The highest BCUT2D eigenvalue weighted by Crippen LogP contribution is 2.40. The molecule has 1 aliphatic rings. The number of Topliss-reactive ketones (excluding diaryl/α,β-unsaturated/α-hetero) is 1. The largest absolute Gasteiger partial charge is 0.507 e. The van der Waals surface area contributed by atoms with Crippen molar-refractivity contribution in [3.05, 3.63) is 64.7 Å². The second kappa shape index (κ2) is 11.4. The fraction of sp³-hybridized carbons (Fsp3) is 0.429. The lowest BCUT2D eigenvalue weighted by atomic mass is 9.94. The molecule has 7 heteroatoms. The molecule has 35 heavy (non-hydrogen) atoms. The van der Waals surface area contributed by atoms with E-state index in [1.54, 1.807) is 43.5 Å². The summed E-state index contributed by atoms with van der Waals surface area (Å²) in [7, 11) is 1.55. The first-order valence-electron chi connectivity index (χ1n) is 11.9. The van der Waals surface area contributed by atoms with Crippen LogP contribution in [-0.4, -0.2) is 54.7 Å². The summed E-state index contributed by atoms with van der Waals surface area (Å²) in [6.07, 6.45) is -0.0125. The third-order valence-corrected chi connectivity index (χ3v) is 5.75. The lowest BCUT2D eigenvalue weighted by Gasteiger charge is -2.26. The molecule has 188 valence electrons. The molecule has 1 N–H and O–H groups in total. The molecule has 0 spiro atoms. The van der Waals surface area contributed by atoms with Crippen LogP contribution in [0.3, 0.4) is 0 Å². The molecule has 0 radical (unpaired) electrons. The molecule has 0 aromatic heterocycles. The highest BCUT2D eigenvalue weighted by atomic mass is 16.5. The Hall–Kier alpha value is -3.32. The molecule has 1 aliphatic heterocycles. The number of likely N-dealkylation sites (tertiary alicyclic amines) is 1. The van der Waals surface area contributed by atoms with Gasteiger partial charge in [-0.1, -0.05) is 26.0 Å². The third kappa shape index (κ3) is 6.03. The summed E-state index contributed by atoms with van der Waals surface area (Å²) < 4.78 is 16.8. The molecule has 1 saturated heterocycles. The van der Waals surface area contributed by atoms with Crippen molar-refractivity contribution < 1.29 is 28.9 Å². The average Bonchev–Trinajstić information content (AvgIpc) is 3.07. The van der Waals surface area contributed by atoms with E-state index in [-0.39, 0.29) is 30.6 Å². The molecule has 2 aromatic rings. The normalized spacial score (nSPS) is 17.5. The molecule has 0 saturated carbocycles. The highest BCUT2D eigenvalue weighted by molar-refractivity contribution is 6.46. The lowest BCUT2D eigenvalue weighted by Crippen LogP contribution is -2.33. The van der Waals surface area contributed by atoms with Crippen molar-refractivity contribution >= 4 is 17.4 Å². The number of ether oxygens (including phenoxy) is 3. The number of hydrogen-bond donors (Lipinski definition) is 1. The van der Waals surface area contributed by atoms with E-state index in [9.17, 15) is 14.7 Å². The van der Waals surface area contributed by atoms with Gasteiger partial charge >= 0.3 is 0 Å². The van der Waals surface area contributed by atoms with Crippen molar-refractivity contribution in [2.24, 2.45) is 5.92 Å². The quantitative estimate of drug-likeness (QED) is 0.296. The molecule has 0 bridgehead atoms. The number of aliphatic hydroxyl groups is 1. The molecule has 2 aromatic carbocycles. The molecular weight excluding hydrogens is 446 g/mol. The third-order valence-electron chi connectivity index (χ3n) is 5.75. The van der Waals surface area contributed by atoms with E-state index in [0.29, 0.717) is 35.2 Å². The SMILES string of the molecule is COc1cccc(C2/C(=C(/O)c3ccc(OCC(C)C)c(C)c3)C(=O)C(=O)N2CCOC(C)C)c1. The first-order chi connectivity index (χ1) is 16.6. The van der Waals surface area contributed by atoms with Gasteiger partial charge in [-0.05, 0) is 68.1 Å². The van der Waals surface area contributed by atoms with E-state index in [1.807, 2.05) is 26.8 Å². The summed E-state index contributed by atoms with van der Waals surface area (Å²) in [5.74, 6) is 0.0702. The lowest BCUT2D eigenvalue weighted by molar-refractivity contribution is -0.140. The molecule has 1 heterocycles. The predicted molar refractivity (Wildman–Crippen MR) is 135 cm³/mol. The van der Waals surface area contributed by atoms with Crippen molar-refractivity contribution in [3.63, 3.8) is 0 Å². The van der Waals surface area contributed by atoms with Gasteiger partial charge in [0.25, 0.3) is 11.7 Å². The zero-order valence-electron chi connectivity index (χ0n) is 21.3. The van der Waals surface area contributed by atoms with Gasteiger partial charge in [-0.3, -0.25) is 9.59 Å². The minimum Gasteiger partial charge on any atom is -0.507 e. The van der Waals surface area contributed by atoms with Gasteiger partial charge < -0.3 is 24.2 Å². The summed E-state index contributed by atoms with van der Waals surface area (Å²) in [5.41, 5.74) is 1.99. The van der Waals surface area contributed by atoms with Gasteiger partial charge in [0.2, 0.25) is 0 Å². The van der Waals surface area contributed by atoms with Crippen LogP contribution in [0.25, 0.3) is 5.76 Å². The maximum atomic E-state index is 13.2. The number of amides is 1. The van der Waals surface area contributed by atoms with Crippen LogP contribution in [0.4, 0.5) is 0 Å². The van der Waals surface area contributed by atoms with Crippen LogP contribution in [-0.2, 0) is 14.3 Å². The summed E-state index contributed by atoms with van der Waals surface area (Å²) in [5, 5.41) is 11.3. The number of methoxy groups -OCH3 is 1. The number of aliphatic hydroxyl groups excluding tert-OH is 1. The Balaban J connectivity index is 2.06. The van der Waals surface area contributed by atoms with Crippen LogP contribution in [0.15, 0.2) is 48.0 Å². The van der Waals surface area contributed by atoms with Crippen molar-refractivity contribution in [1.82, 2.24) is 4.90 Å². The van der Waals surface area contributed by atoms with E-state index < -0.39 is 17.7 Å². The summed E-state index contributed by atoms with van der Waals surface area (Å²) in [6.45, 7) is 10.9. The topological polar surface area (TPSA) is 85.3 Å². The molecule has 1 atom stereocenters. The molecule has 7 nitrogen and oxygen atoms in total. The number of rotatable bonds is 10. The smallest absolute Gasteiger partial charge is 0.295 e. The van der Waals surface area contributed by atoms with Gasteiger partial charge in [-0.25, -0.2) is 0 Å². The minimum atomic E-state index is -0.766. The number of nitrogens with zero attached hydrogens (tertiary/aromatic N) is 1. The maximum Gasteiger partial charge on any atom is 0.295 e. The fourth-order valence-electron chi connectivity index (χ4n) is 4.03. The van der Waals surface area contributed by atoms with Crippen LogP contribution in [0, 0.1) is 12.8 Å². The number of hydrogen-bond acceptors (Lipinski definition) is 6. The van der Waals surface area contributed by atoms with Crippen LogP contribution < -0.4 is 9.47 Å². The van der Waals surface area contributed by atoms with Crippen molar-refractivity contribution in [2.75, 3.05) is 26.9 Å². The first-order valence-corrected chi connectivity index (χ1v) is 11.9. The van der Waals surface area contributed by atoms with E-state index in [4.69, 9.17) is 14.2 Å². The number of ketones is 1. The van der Waals surface area contributed by atoms with Gasteiger partial charge in [-0.15, -0.1) is 0 Å². The average molecular weight is 482 g/mol. The summed E-state index contributed by atoms with van der Waals surface area (Å²) in [6, 6.07) is 11.7. The van der Waals surface area contributed by atoms with Gasteiger partial charge in [0.15, 0.2) is 0 Å².